The minimum Gasteiger partial charge on any atom is -0.301 e. The molecule has 0 saturated carbocycles. The minimum atomic E-state index is 0.402. The summed E-state index contributed by atoms with van der Waals surface area (Å²) in [6.07, 6.45) is 3.67. The summed E-state index contributed by atoms with van der Waals surface area (Å²) < 4.78 is 1.94. The van der Waals surface area contributed by atoms with Gasteiger partial charge in [0, 0.05) is 18.1 Å². The van der Waals surface area contributed by atoms with E-state index in [0.717, 1.165) is 11.3 Å². The highest BCUT2D eigenvalue weighted by Gasteiger charge is 2.09. The normalized spacial score (nSPS) is 11.5. The van der Waals surface area contributed by atoms with Crippen molar-refractivity contribution in [3.05, 3.63) is 34.2 Å². The highest BCUT2D eigenvalue weighted by atomic mass is 35.5. The Balaban J connectivity index is 2.78. The second kappa shape index (κ2) is 3.44. The van der Waals surface area contributed by atoms with E-state index < -0.39 is 0 Å². The van der Waals surface area contributed by atoms with Gasteiger partial charge in [-0.25, -0.2) is 4.98 Å². The third-order valence-electron chi connectivity index (χ3n) is 2.15. The molecule has 0 bridgehead atoms. The van der Waals surface area contributed by atoms with Gasteiger partial charge in [-0.1, -0.05) is 37.0 Å². The highest BCUT2D eigenvalue weighted by Crippen LogP contribution is 2.25. The molecule has 14 heavy (non-hydrogen) atoms. The molecule has 0 spiro atoms. The quantitative estimate of drug-likeness (QED) is 0.727. The molecule has 0 aliphatic rings. The summed E-state index contributed by atoms with van der Waals surface area (Å²) in [6.45, 7) is 4.22. The number of aromatic nitrogens is 2. The lowest BCUT2D eigenvalue weighted by atomic mass is 10.1. The molecule has 2 aromatic heterocycles. The van der Waals surface area contributed by atoms with Crippen LogP contribution < -0.4 is 0 Å². The van der Waals surface area contributed by atoms with E-state index in [-0.39, 0.29) is 0 Å². The largest absolute Gasteiger partial charge is 0.301 e. The van der Waals surface area contributed by atoms with E-state index in [1.54, 1.807) is 6.07 Å². The summed E-state index contributed by atoms with van der Waals surface area (Å²) >= 11 is 11.9. The van der Waals surface area contributed by atoms with Gasteiger partial charge >= 0.3 is 0 Å². The van der Waals surface area contributed by atoms with Gasteiger partial charge in [-0.05, 0) is 12.0 Å². The van der Waals surface area contributed by atoms with Gasteiger partial charge in [-0.3, -0.25) is 0 Å². The van der Waals surface area contributed by atoms with Gasteiger partial charge in [0.05, 0.1) is 10.0 Å². The molecule has 0 aliphatic heterocycles. The molecule has 2 aromatic rings. The van der Waals surface area contributed by atoms with Gasteiger partial charge in [-0.2, -0.15) is 0 Å². The van der Waals surface area contributed by atoms with Crippen LogP contribution in [0.2, 0.25) is 10.0 Å². The fourth-order valence-corrected chi connectivity index (χ4v) is 1.98. The first-order valence-corrected chi connectivity index (χ1v) is 5.17. The second-order valence-electron chi connectivity index (χ2n) is 3.54. The number of imidazole rings is 1. The van der Waals surface area contributed by atoms with Crippen LogP contribution in [-0.2, 0) is 0 Å². The smallest absolute Gasteiger partial charge is 0.155 e. The van der Waals surface area contributed by atoms with Gasteiger partial charge in [-0.15, -0.1) is 0 Å². The summed E-state index contributed by atoms with van der Waals surface area (Å²) in [7, 11) is 0. The Morgan fingerprint density at radius 2 is 2.07 bits per heavy atom. The molecule has 0 amide bonds. The lowest BCUT2D eigenvalue weighted by molar-refractivity contribution is 0.809. The van der Waals surface area contributed by atoms with Crippen LogP contribution in [0.3, 0.4) is 0 Å². The van der Waals surface area contributed by atoms with Crippen molar-refractivity contribution in [3.8, 4) is 0 Å². The van der Waals surface area contributed by atoms with Crippen LogP contribution in [0, 0.1) is 0 Å². The molecule has 0 aliphatic carbocycles. The maximum atomic E-state index is 6.01. The van der Waals surface area contributed by atoms with Crippen LogP contribution in [0.1, 0.15) is 25.5 Å². The molecular formula is C10H10Cl2N2. The monoisotopic (exact) mass is 228 g/mol. The van der Waals surface area contributed by atoms with E-state index in [9.17, 15) is 0 Å². The first-order valence-electron chi connectivity index (χ1n) is 4.41. The molecule has 4 heteroatoms. The van der Waals surface area contributed by atoms with E-state index in [1.807, 2.05) is 16.8 Å². The van der Waals surface area contributed by atoms with Gasteiger partial charge < -0.3 is 4.40 Å². The van der Waals surface area contributed by atoms with Crippen molar-refractivity contribution in [1.82, 2.24) is 9.38 Å². The molecule has 0 unspecified atom stereocenters. The molecule has 0 saturated heterocycles. The van der Waals surface area contributed by atoms with Crippen LogP contribution in [0.4, 0.5) is 0 Å². The maximum absolute atomic E-state index is 6.01. The van der Waals surface area contributed by atoms with Crippen molar-refractivity contribution < 1.29 is 0 Å². The average molecular weight is 229 g/mol. The van der Waals surface area contributed by atoms with E-state index in [0.29, 0.717) is 16.0 Å². The fraction of sp³-hybridized carbons (Fsp3) is 0.300. The predicted octanol–water partition coefficient (Wildman–Crippen LogP) is 3.76. The third-order valence-corrected chi connectivity index (χ3v) is 2.63. The Bertz CT molecular complexity index is 474. The van der Waals surface area contributed by atoms with Crippen molar-refractivity contribution in [1.29, 1.82) is 0 Å². The van der Waals surface area contributed by atoms with E-state index in [4.69, 9.17) is 23.2 Å². The van der Waals surface area contributed by atoms with Crippen molar-refractivity contribution >= 4 is 28.8 Å². The molecule has 0 atom stereocenters. The zero-order valence-electron chi connectivity index (χ0n) is 7.96. The molecule has 0 N–H and O–H groups in total. The number of pyridine rings is 1. The van der Waals surface area contributed by atoms with E-state index in [1.165, 1.54) is 0 Å². The van der Waals surface area contributed by atoms with E-state index in [2.05, 4.69) is 18.8 Å². The van der Waals surface area contributed by atoms with Crippen molar-refractivity contribution in [2.75, 3.05) is 0 Å². The number of halogens is 2. The summed E-state index contributed by atoms with van der Waals surface area (Å²) in [4.78, 5) is 4.25. The summed E-state index contributed by atoms with van der Waals surface area (Å²) in [5.74, 6) is 0.402. The molecule has 2 heterocycles. The van der Waals surface area contributed by atoms with Crippen molar-refractivity contribution in [2.24, 2.45) is 0 Å². The van der Waals surface area contributed by atoms with Crippen molar-refractivity contribution in [2.45, 2.75) is 19.8 Å². The van der Waals surface area contributed by atoms with Crippen LogP contribution in [0.5, 0.6) is 0 Å². The van der Waals surface area contributed by atoms with Gasteiger partial charge in [0.15, 0.2) is 5.65 Å². The average Bonchev–Trinajstić information content (AvgIpc) is 2.47. The van der Waals surface area contributed by atoms with Gasteiger partial charge in [0.1, 0.15) is 0 Å². The first-order chi connectivity index (χ1) is 6.59. The fourth-order valence-electron chi connectivity index (χ4n) is 1.46. The maximum Gasteiger partial charge on any atom is 0.155 e. The second-order valence-corrected chi connectivity index (χ2v) is 4.38. The molecule has 0 aromatic carbocycles. The Morgan fingerprint density at radius 1 is 1.36 bits per heavy atom. The summed E-state index contributed by atoms with van der Waals surface area (Å²) in [5, 5.41) is 1.21. The zero-order valence-corrected chi connectivity index (χ0v) is 9.47. The zero-order chi connectivity index (χ0) is 10.3. The van der Waals surface area contributed by atoms with Crippen LogP contribution >= 0.6 is 23.2 Å². The number of rotatable bonds is 1. The molecule has 74 valence electrons. The number of hydrogen-bond donors (Lipinski definition) is 0. The molecule has 2 nitrogen and oxygen atoms in total. The lowest BCUT2D eigenvalue weighted by Crippen LogP contribution is -1.94. The SMILES string of the molecule is CC(C)c1cnc2c(Cl)cc(Cl)cn12. The number of hydrogen-bond acceptors (Lipinski definition) is 1. The van der Waals surface area contributed by atoms with Crippen molar-refractivity contribution in [3.63, 3.8) is 0 Å². The topological polar surface area (TPSA) is 17.3 Å². The van der Waals surface area contributed by atoms with Gasteiger partial charge in [0.2, 0.25) is 0 Å². The molecule has 0 fully saturated rings. The number of nitrogens with zero attached hydrogens (tertiary/aromatic N) is 2. The Labute approximate surface area is 92.5 Å². The summed E-state index contributed by atoms with van der Waals surface area (Å²) in [6, 6.07) is 1.70. The third kappa shape index (κ3) is 1.49. The summed E-state index contributed by atoms with van der Waals surface area (Å²) in [5.41, 5.74) is 1.88. The van der Waals surface area contributed by atoms with E-state index >= 15 is 0 Å². The Morgan fingerprint density at radius 3 is 2.71 bits per heavy atom. The first kappa shape index (κ1) is 9.81. The van der Waals surface area contributed by atoms with Crippen LogP contribution in [-0.4, -0.2) is 9.38 Å². The Hall–Kier alpha value is -0.730. The minimum absolute atomic E-state index is 0.402. The molecule has 0 radical (unpaired) electrons. The van der Waals surface area contributed by atoms with Gasteiger partial charge in [0.25, 0.3) is 0 Å². The predicted molar refractivity (Wildman–Crippen MR) is 59.3 cm³/mol. The standard InChI is InChI=1S/C10H10Cl2N2/c1-6(2)9-4-13-10-8(12)3-7(11)5-14(9)10/h3-6H,1-2H3. The lowest BCUT2D eigenvalue weighted by Gasteiger charge is -2.05. The molecule has 2 rings (SSSR count). The number of fused-ring (bicyclic) bond motifs is 1. The highest BCUT2D eigenvalue weighted by molar-refractivity contribution is 6.36. The van der Waals surface area contributed by atoms with Crippen LogP contribution in [0.25, 0.3) is 5.65 Å². The van der Waals surface area contributed by atoms with Crippen LogP contribution in [0.15, 0.2) is 18.5 Å². The molecular weight excluding hydrogens is 219 g/mol. The Kier molecular flexibility index (Phi) is 2.41.